The van der Waals surface area contributed by atoms with E-state index < -0.39 is 14.9 Å². The number of thiophene rings is 2. The molecule has 2 aromatic rings. The van der Waals surface area contributed by atoms with Crippen LogP contribution in [0.3, 0.4) is 0 Å². The molecule has 0 fully saturated rings. The van der Waals surface area contributed by atoms with Gasteiger partial charge in [0.05, 0.1) is 4.92 Å². The van der Waals surface area contributed by atoms with Gasteiger partial charge in [-0.1, -0.05) is 11.3 Å². The second-order valence-corrected chi connectivity index (χ2v) is 7.85. The molecule has 0 amide bonds. The summed E-state index contributed by atoms with van der Waals surface area (Å²) in [5.41, 5.74) is 0.624. The lowest BCUT2D eigenvalue weighted by atomic mass is 10.4. The van der Waals surface area contributed by atoms with E-state index >= 15 is 0 Å². The van der Waals surface area contributed by atoms with Crippen molar-refractivity contribution in [2.45, 2.75) is 17.7 Å². The third kappa shape index (κ3) is 3.79. The maximum Gasteiger partial charge on any atom is 0.304 e. The Bertz CT molecular complexity index is 722. The van der Waals surface area contributed by atoms with Crippen molar-refractivity contribution in [3.05, 3.63) is 38.6 Å². The molecule has 0 atom stereocenters. The minimum absolute atomic E-state index is 0.0691. The summed E-state index contributed by atoms with van der Waals surface area (Å²) in [6.07, 6.45) is 0. The van der Waals surface area contributed by atoms with Crippen molar-refractivity contribution in [1.29, 1.82) is 0 Å². The van der Waals surface area contributed by atoms with Crippen molar-refractivity contribution >= 4 is 43.4 Å². The Balaban J connectivity index is 2.23. The van der Waals surface area contributed by atoms with Crippen molar-refractivity contribution < 1.29 is 13.3 Å². The van der Waals surface area contributed by atoms with Crippen LogP contribution in [0.25, 0.3) is 0 Å². The number of sulfonamides is 1. The van der Waals surface area contributed by atoms with Crippen molar-refractivity contribution in [2.24, 2.45) is 0 Å². The third-order valence-corrected chi connectivity index (χ3v) is 6.22. The molecule has 0 radical (unpaired) electrons. The fourth-order valence-electron chi connectivity index (χ4n) is 1.56. The van der Waals surface area contributed by atoms with Gasteiger partial charge >= 0.3 is 5.69 Å². The van der Waals surface area contributed by atoms with E-state index in [2.05, 4.69) is 10.0 Å². The number of nitrogens with one attached hydrogen (secondary N) is 2. The van der Waals surface area contributed by atoms with Crippen LogP contribution in [0, 0.1) is 10.1 Å². The van der Waals surface area contributed by atoms with E-state index in [9.17, 15) is 18.5 Å². The molecule has 0 aliphatic rings. The maximum atomic E-state index is 12.2. The van der Waals surface area contributed by atoms with Crippen LogP contribution < -0.4 is 10.0 Å². The van der Waals surface area contributed by atoms with Gasteiger partial charge in [-0.2, -0.15) is 11.3 Å². The van der Waals surface area contributed by atoms with Gasteiger partial charge in [0.15, 0.2) is 5.00 Å². The van der Waals surface area contributed by atoms with Gasteiger partial charge in [-0.3, -0.25) is 10.1 Å². The molecule has 2 rings (SSSR count). The van der Waals surface area contributed by atoms with E-state index in [0.29, 0.717) is 6.54 Å². The van der Waals surface area contributed by atoms with Gasteiger partial charge < -0.3 is 5.32 Å². The molecule has 10 heteroatoms. The highest BCUT2D eigenvalue weighted by Gasteiger charge is 2.25. The Morgan fingerprint density at radius 1 is 1.43 bits per heavy atom. The molecular formula is C11H13N3O4S3. The molecule has 21 heavy (non-hydrogen) atoms. The summed E-state index contributed by atoms with van der Waals surface area (Å²) in [5.74, 6) is 0. The minimum Gasteiger partial charge on any atom is -0.372 e. The molecule has 114 valence electrons. The average Bonchev–Trinajstić information content (AvgIpc) is 3.06. The Hall–Kier alpha value is -1.49. The lowest BCUT2D eigenvalue weighted by molar-refractivity contribution is -0.383. The van der Waals surface area contributed by atoms with E-state index in [1.54, 1.807) is 6.92 Å². The lowest BCUT2D eigenvalue weighted by Crippen LogP contribution is -2.22. The normalized spacial score (nSPS) is 11.5. The van der Waals surface area contributed by atoms with E-state index in [0.717, 1.165) is 23.0 Å². The fourth-order valence-corrected chi connectivity index (χ4v) is 4.68. The largest absolute Gasteiger partial charge is 0.372 e. The molecule has 0 aliphatic carbocycles. The molecule has 0 bridgehead atoms. The Morgan fingerprint density at radius 3 is 2.76 bits per heavy atom. The number of hydrogen-bond acceptors (Lipinski definition) is 7. The van der Waals surface area contributed by atoms with Crippen LogP contribution in [0.2, 0.25) is 0 Å². The summed E-state index contributed by atoms with van der Waals surface area (Å²) in [6, 6.07) is 2.90. The Labute approximate surface area is 129 Å². The van der Waals surface area contributed by atoms with Crippen LogP contribution in [0.15, 0.2) is 27.1 Å². The van der Waals surface area contributed by atoms with Crippen molar-refractivity contribution in [1.82, 2.24) is 4.72 Å². The van der Waals surface area contributed by atoms with Crippen LogP contribution in [-0.2, 0) is 16.6 Å². The van der Waals surface area contributed by atoms with Crippen LogP contribution in [0.1, 0.15) is 12.5 Å². The first-order chi connectivity index (χ1) is 9.94. The van der Waals surface area contributed by atoms with Crippen LogP contribution in [0.4, 0.5) is 10.7 Å². The highest BCUT2D eigenvalue weighted by Crippen LogP contribution is 2.36. The molecule has 2 heterocycles. The third-order valence-electron chi connectivity index (χ3n) is 2.54. The van der Waals surface area contributed by atoms with Crippen LogP contribution in [0.5, 0.6) is 0 Å². The highest BCUT2D eigenvalue weighted by atomic mass is 32.2. The molecule has 7 nitrogen and oxygen atoms in total. The van der Waals surface area contributed by atoms with Crippen LogP contribution in [-0.4, -0.2) is 19.9 Å². The van der Waals surface area contributed by atoms with E-state index in [-0.39, 0.29) is 21.4 Å². The quantitative estimate of drug-likeness (QED) is 0.592. The standard InChI is InChI=1S/C11H13N3O4S3/c1-2-12-11-9(14(15)16)5-10(20-11)21(17,18)13-6-8-3-4-19-7-8/h3-5,7,12-13H,2,6H2,1H3. The summed E-state index contributed by atoms with van der Waals surface area (Å²) in [7, 11) is -3.76. The predicted molar refractivity (Wildman–Crippen MR) is 83.5 cm³/mol. The molecule has 0 spiro atoms. The van der Waals surface area contributed by atoms with Gasteiger partial charge in [0.25, 0.3) is 10.0 Å². The second-order valence-electron chi connectivity index (χ2n) is 4.02. The van der Waals surface area contributed by atoms with E-state index in [4.69, 9.17) is 0 Å². The molecule has 2 aromatic heterocycles. The molecule has 0 aromatic carbocycles. The molecular weight excluding hydrogens is 334 g/mol. The molecule has 2 N–H and O–H groups in total. The van der Waals surface area contributed by atoms with Gasteiger partial charge in [-0.15, -0.1) is 0 Å². The minimum atomic E-state index is -3.76. The summed E-state index contributed by atoms with van der Waals surface area (Å²) in [6.45, 7) is 2.42. The summed E-state index contributed by atoms with van der Waals surface area (Å²) in [4.78, 5) is 10.3. The molecule has 0 saturated heterocycles. The van der Waals surface area contributed by atoms with E-state index in [1.807, 2.05) is 16.8 Å². The summed E-state index contributed by atoms with van der Waals surface area (Å²) >= 11 is 2.33. The SMILES string of the molecule is CCNc1sc(S(=O)(=O)NCc2ccsc2)cc1[N+](=O)[O-]. The maximum absolute atomic E-state index is 12.2. The number of nitro groups is 1. The van der Waals surface area contributed by atoms with Gasteiger partial charge in [-0.05, 0) is 29.3 Å². The predicted octanol–water partition coefficient (Wildman–Crippen LogP) is 2.63. The molecule has 0 saturated carbocycles. The Morgan fingerprint density at radius 2 is 2.19 bits per heavy atom. The zero-order chi connectivity index (χ0) is 15.5. The number of hydrogen-bond donors (Lipinski definition) is 2. The first kappa shape index (κ1) is 15.9. The lowest BCUT2D eigenvalue weighted by Gasteiger charge is -2.02. The van der Waals surface area contributed by atoms with Gasteiger partial charge in [0, 0.05) is 19.2 Å². The highest BCUT2D eigenvalue weighted by molar-refractivity contribution is 7.91. The smallest absolute Gasteiger partial charge is 0.304 e. The number of rotatable bonds is 7. The zero-order valence-electron chi connectivity index (χ0n) is 11.0. The summed E-state index contributed by atoms with van der Waals surface area (Å²) < 4.78 is 26.7. The zero-order valence-corrected chi connectivity index (χ0v) is 13.5. The first-order valence-corrected chi connectivity index (χ1v) is 9.21. The van der Waals surface area contributed by atoms with Crippen molar-refractivity contribution in [3.63, 3.8) is 0 Å². The second kappa shape index (κ2) is 6.52. The van der Waals surface area contributed by atoms with Gasteiger partial charge in [-0.25, -0.2) is 13.1 Å². The monoisotopic (exact) mass is 347 g/mol. The van der Waals surface area contributed by atoms with Crippen LogP contribution >= 0.6 is 22.7 Å². The average molecular weight is 347 g/mol. The van der Waals surface area contributed by atoms with Crippen molar-refractivity contribution in [3.8, 4) is 0 Å². The first-order valence-electron chi connectivity index (χ1n) is 5.97. The number of nitrogens with zero attached hydrogens (tertiary/aromatic N) is 1. The van der Waals surface area contributed by atoms with E-state index in [1.165, 1.54) is 11.3 Å². The molecule has 0 unspecified atom stereocenters. The Kier molecular flexibility index (Phi) is 4.93. The van der Waals surface area contributed by atoms with Crippen molar-refractivity contribution in [2.75, 3.05) is 11.9 Å². The van der Waals surface area contributed by atoms with Gasteiger partial charge in [0.1, 0.15) is 4.21 Å². The summed E-state index contributed by atoms with van der Waals surface area (Å²) in [5, 5.41) is 17.7. The molecule has 0 aliphatic heterocycles. The topological polar surface area (TPSA) is 101 Å². The number of anilines is 1. The fraction of sp³-hybridized carbons (Fsp3) is 0.273. The van der Waals surface area contributed by atoms with Gasteiger partial charge in [0.2, 0.25) is 0 Å².